The number of nitrogens with zero attached hydrogens (tertiary/aromatic N) is 1. The molecule has 0 fully saturated rings. The number of nitrogens with one attached hydrogen (secondary N) is 1. The van der Waals surface area contributed by atoms with E-state index in [9.17, 15) is 4.79 Å². The van der Waals surface area contributed by atoms with E-state index in [4.69, 9.17) is 0 Å². The van der Waals surface area contributed by atoms with Crippen molar-refractivity contribution in [3.8, 4) is 0 Å². The van der Waals surface area contributed by atoms with Crippen LogP contribution in [0.5, 0.6) is 0 Å². The van der Waals surface area contributed by atoms with E-state index in [1.54, 1.807) is 0 Å². The number of rotatable bonds is 3. The van der Waals surface area contributed by atoms with Gasteiger partial charge in [0.1, 0.15) is 0 Å². The second-order valence-electron chi connectivity index (χ2n) is 3.99. The Hall–Kier alpha value is -0.900. The third-order valence-electron chi connectivity index (χ3n) is 2.34. The second kappa shape index (κ2) is 4.09. The van der Waals surface area contributed by atoms with Crippen LogP contribution < -0.4 is 5.32 Å². The summed E-state index contributed by atoms with van der Waals surface area (Å²) in [5.41, 5.74) is 0.624. The minimum Gasteiger partial charge on any atom is -0.302 e. The largest absolute Gasteiger partial charge is 0.302 e. The molecule has 1 aromatic heterocycles. The Morgan fingerprint density at radius 1 is 1.64 bits per heavy atom. The highest BCUT2D eigenvalue weighted by Crippen LogP contribution is 2.23. The molecule has 1 amide bonds. The first-order valence-corrected chi connectivity index (χ1v) is 5.57. The normalized spacial score (nSPS) is 11.4. The summed E-state index contributed by atoms with van der Waals surface area (Å²) in [6.45, 7) is 7.79. The van der Waals surface area contributed by atoms with E-state index >= 15 is 0 Å². The molecule has 0 spiro atoms. The number of aryl methyl sites for hydroxylation is 1. The van der Waals surface area contributed by atoms with Crippen molar-refractivity contribution in [2.45, 2.75) is 34.1 Å². The molecule has 0 bridgehead atoms. The van der Waals surface area contributed by atoms with Crippen LogP contribution in [0.3, 0.4) is 0 Å². The average molecular weight is 212 g/mol. The van der Waals surface area contributed by atoms with Gasteiger partial charge < -0.3 is 5.32 Å². The number of amides is 1. The number of hydrogen-bond donors (Lipinski definition) is 1. The lowest BCUT2D eigenvalue weighted by atomic mass is 9.89. The molecule has 0 saturated heterocycles. The van der Waals surface area contributed by atoms with E-state index in [0.29, 0.717) is 5.13 Å². The molecule has 0 unspecified atom stereocenters. The summed E-state index contributed by atoms with van der Waals surface area (Å²) in [5, 5.41) is 5.44. The molecule has 0 saturated carbocycles. The van der Waals surface area contributed by atoms with E-state index < -0.39 is 0 Å². The molecule has 1 heterocycles. The highest BCUT2D eigenvalue weighted by Gasteiger charge is 2.25. The molecule has 0 aliphatic rings. The van der Waals surface area contributed by atoms with E-state index in [0.717, 1.165) is 12.1 Å². The van der Waals surface area contributed by atoms with Crippen LogP contribution in [0.15, 0.2) is 5.38 Å². The third kappa shape index (κ3) is 2.54. The van der Waals surface area contributed by atoms with Crippen molar-refractivity contribution in [1.82, 2.24) is 4.98 Å². The number of carbonyl (C=O) groups excluding carboxylic acids is 1. The molecule has 3 nitrogen and oxygen atoms in total. The van der Waals surface area contributed by atoms with Gasteiger partial charge in [0.2, 0.25) is 5.91 Å². The van der Waals surface area contributed by atoms with E-state index in [-0.39, 0.29) is 11.3 Å². The fourth-order valence-electron chi connectivity index (χ4n) is 0.838. The third-order valence-corrected chi connectivity index (χ3v) is 3.21. The van der Waals surface area contributed by atoms with Crippen molar-refractivity contribution in [2.24, 2.45) is 5.41 Å². The molecule has 0 aliphatic heterocycles. The summed E-state index contributed by atoms with van der Waals surface area (Å²) in [7, 11) is 0. The van der Waals surface area contributed by atoms with Crippen molar-refractivity contribution >= 4 is 22.4 Å². The van der Waals surface area contributed by atoms with Crippen LogP contribution in [0.1, 0.15) is 32.9 Å². The number of carbonyl (C=O) groups is 1. The summed E-state index contributed by atoms with van der Waals surface area (Å²) in [4.78, 5) is 15.9. The van der Waals surface area contributed by atoms with Crippen LogP contribution in [-0.2, 0) is 4.79 Å². The molecule has 14 heavy (non-hydrogen) atoms. The van der Waals surface area contributed by atoms with Gasteiger partial charge in [-0.2, -0.15) is 0 Å². The first-order chi connectivity index (χ1) is 6.45. The van der Waals surface area contributed by atoms with E-state index in [1.165, 1.54) is 11.3 Å². The van der Waals surface area contributed by atoms with Crippen LogP contribution >= 0.6 is 11.3 Å². The quantitative estimate of drug-likeness (QED) is 0.837. The van der Waals surface area contributed by atoms with Crippen molar-refractivity contribution in [2.75, 3.05) is 5.32 Å². The standard InChI is InChI=1S/C10H16N2OS/c1-5-10(3,4)8(13)12-9-11-7(2)6-14-9/h6H,5H2,1-4H3,(H,11,12,13). The lowest BCUT2D eigenvalue weighted by Crippen LogP contribution is -2.29. The number of anilines is 1. The predicted molar refractivity (Wildman–Crippen MR) is 59.6 cm³/mol. The minimum atomic E-state index is -0.320. The molecule has 0 aromatic carbocycles. The zero-order valence-electron chi connectivity index (χ0n) is 9.05. The van der Waals surface area contributed by atoms with Gasteiger partial charge >= 0.3 is 0 Å². The zero-order chi connectivity index (χ0) is 10.8. The van der Waals surface area contributed by atoms with Gasteiger partial charge in [0.15, 0.2) is 5.13 Å². The minimum absolute atomic E-state index is 0.0364. The van der Waals surface area contributed by atoms with Crippen LogP contribution in [-0.4, -0.2) is 10.9 Å². The highest BCUT2D eigenvalue weighted by atomic mass is 32.1. The fraction of sp³-hybridized carbons (Fsp3) is 0.600. The van der Waals surface area contributed by atoms with Gasteiger partial charge in [-0.1, -0.05) is 20.8 Å². The van der Waals surface area contributed by atoms with E-state index in [1.807, 2.05) is 33.1 Å². The van der Waals surface area contributed by atoms with Gasteiger partial charge in [-0.15, -0.1) is 11.3 Å². The van der Waals surface area contributed by atoms with Crippen LogP contribution in [0.25, 0.3) is 0 Å². The summed E-state index contributed by atoms with van der Waals surface area (Å²) >= 11 is 1.46. The maximum atomic E-state index is 11.7. The molecule has 1 rings (SSSR count). The Morgan fingerprint density at radius 3 is 2.71 bits per heavy atom. The summed E-state index contributed by atoms with van der Waals surface area (Å²) in [5.74, 6) is 0.0364. The average Bonchev–Trinajstić information content (AvgIpc) is 2.51. The molecule has 0 radical (unpaired) electrons. The molecular formula is C10H16N2OS. The van der Waals surface area contributed by atoms with Crippen molar-refractivity contribution in [3.05, 3.63) is 11.1 Å². The van der Waals surface area contributed by atoms with Gasteiger partial charge in [-0.05, 0) is 13.3 Å². The summed E-state index contributed by atoms with van der Waals surface area (Å²) in [6.07, 6.45) is 0.823. The molecule has 78 valence electrons. The van der Waals surface area contributed by atoms with Gasteiger partial charge in [0, 0.05) is 10.8 Å². The van der Waals surface area contributed by atoms with Gasteiger partial charge in [-0.3, -0.25) is 4.79 Å². The predicted octanol–water partition coefficient (Wildman–Crippen LogP) is 2.83. The molecular weight excluding hydrogens is 196 g/mol. The summed E-state index contributed by atoms with van der Waals surface area (Å²) < 4.78 is 0. The topological polar surface area (TPSA) is 42.0 Å². The Morgan fingerprint density at radius 2 is 2.29 bits per heavy atom. The van der Waals surface area contributed by atoms with Crippen LogP contribution in [0.2, 0.25) is 0 Å². The molecule has 1 N–H and O–H groups in total. The van der Waals surface area contributed by atoms with Crippen LogP contribution in [0.4, 0.5) is 5.13 Å². The van der Waals surface area contributed by atoms with Crippen molar-refractivity contribution < 1.29 is 4.79 Å². The Bertz CT molecular complexity index is 331. The number of hydrogen-bond acceptors (Lipinski definition) is 3. The highest BCUT2D eigenvalue weighted by molar-refractivity contribution is 7.13. The smallest absolute Gasteiger partial charge is 0.231 e. The van der Waals surface area contributed by atoms with Crippen molar-refractivity contribution in [3.63, 3.8) is 0 Å². The SMILES string of the molecule is CCC(C)(C)C(=O)Nc1nc(C)cs1. The van der Waals surface area contributed by atoms with Crippen LogP contribution in [0, 0.1) is 12.3 Å². The molecule has 4 heteroatoms. The monoisotopic (exact) mass is 212 g/mol. The number of aromatic nitrogens is 1. The lowest BCUT2D eigenvalue weighted by Gasteiger charge is -2.20. The molecule has 0 atom stereocenters. The second-order valence-corrected chi connectivity index (χ2v) is 4.84. The summed E-state index contributed by atoms with van der Waals surface area (Å²) in [6, 6.07) is 0. The van der Waals surface area contributed by atoms with Gasteiger partial charge in [-0.25, -0.2) is 4.98 Å². The van der Waals surface area contributed by atoms with Gasteiger partial charge in [0.25, 0.3) is 0 Å². The number of thiazole rings is 1. The molecule has 1 aromatic rings. The first kappa shape index (κ1) is 11.2. The fourth-order valence-corrected chi connectivity index (χ4v) is 1.52. The lowest BCUT2D eigenvalue weighted by molar-refractivity contribution is -0.124. The van der Waals surface area contributed by atoms with E-state index in [2.05, 4.69) is 10.3 Å². The van der Waals surface area contributed by atoms with Crippen molar-refractivity contribution in [1.29, 1.82) is 0 Å². The Labute approximate surface area is 88.6 Å². The zero-order valence-corrected chi connectivity index (χ0v) is 9.86. The maximum absolute atomic E-state index is 11.7. The molecule has 0 aliphatic carbocycles. The Balaban J connectivity index is 2.66. The first-order valence-electron chi connectivity index (χ1n) is 4.69. The Kier molecular flexibility index (Phi) is 3.26. The van der Waals surface area contributed by atoms with Gasteiger partial charge in [0.05, 0.1) is 5.69 Å². The maximum Gasteiger partial charge on any atom is 0.231 e.